The van der Waals surface area contributed by atoms with Gasteiger partial charge < -0.3 is 10.2 Å². The molecular weight excluding hydrogens is 381 g/mol. The molecule has 152 valence electrons. The van der Waals surface area contributed by atoms with Gasteiger partial charge in [-0.1, -0.05) is 12.1 Å². The summed E-state index contributed by atoms with van der Waals surface area (Å²) in [5.41, 5.74) is 2.94. The van der Waals surface area contributed by atoms with Crippen LogP contribution in [0.4, 0.5) is 21.8 Å². The molecule has 8 heteroatoms. The van der Waals surface area contributed by atoms with E-state index in [-0.39, 0.29) is 11.9 Å². The summed E-state index contributed by atoms with van der Waals surface area (Å²) in [6.45, 7) is 2.06. The van der Waals surface area contributed by atoms with Crippen molar-refractivity contribution in [1.82, 2.24) is 24.7 Å². The second kappa shape index (κ2) is 8.28. The molecule has 7 nitrogen and oxygen atoms in total. The number of anilines is 3. The fraction of sp³-hybridized carbons (Fsp3) is 0.182. The Balaban J connectivity index is 1.71. The molecule has 0 radical (unpaired) electrons. The van der Waals surface area contributed by atoms with Crippen molar-refractivity contribution < 1.29 is 4.39 Å². The third-order valence-corrected chi connectivity index (χ3v) is 4.96. The molecule has 30 heavy (non-hydrogen) atoms. The van der Waals surface area contributed by atoms with Crippen LogP contribution in [0.1, 0.15) is 18.5 Å². The van der Waals surface area contributed by atoms with Gasteiger partial charge in [0.2, 0.25) is 0 Å². The van der Waals surface area contributed by atoms with E-state index in [9.17, 15) is 4.39 Å². The highest BCUT2D eigenvalue weighted by molar-refractivity contribution is 5.71. The Hall–Kier alpha value is -3.81. The van der Waals surface area contributed by atoms with Crippen LogP contribution in [0, 0.1) is 5.82 Å². The number of halogens is 1. The van der Waals surface area contributed by atoms with Gasteiger partial charge in [0.05, 0.1) is 18.4 Å². The molecule has 0 aliphatic rings. The van der Waals surface area contributed by atoms with E-state index in [4.69, 9.17) is 4.98 Å². The van der Waals surface area contributed by atoms with Gasteiger partial charge in [0.25, 0.3) is 0 Å². The maximum atomic E-state index is 13.3. The van der Waals surface area contributed by atoms with Crippen LogP contribution >= 0.6 is 0 Å². The zero-order valence-electron chi connectivity index (χ0n) is 17.0. The summed E-state index contributed by atoms with van der Waals surface area (Å²) in [5, 5.41) is 7.49. The Kier molecular flexibility index (Phi) is 5.38. The maximum absolute atomic E-state index is 13.3. The monoisotopic (exact) mass is 403 g/mol. The summed E-state index contributed by atoms with van der Waals surface area (Å²) >= 11 is 0. The third-order valence-electron chi connectivity index (χ3n) is 4.96. The molecular formula is C22H22FN7. The van der Waals surface area contributed by atoms with Gasteiger partial charge in [-0.05, 0) is 42.3 Å². The highest BCUT2D eigenvalue weighted by Gasteiger charge is 2.16. The van der Waals surface area contributed by atoms with Crippen LogP contribution < -0.4 is 10.2 Å². The predicted molar refractivity (Wildman–Crippen MR) is 115 cm³/mol. The van der Waals surface area contributed by atoms with Gasteiger partial charge in [0.15, 0.2) is 0 Å². The standard InChI is InChI=1S/C22H22FN7/c1-15(16-4-6-19(23)7-5-16)30(3)22-11-17(18-12-26-29(2)14-18)10-20(28-22)27-21-13-24-8-9-25-21/h4-15H,1-3H3,(H,25,27,28)/t15-/m0/s1. The van der Waals surface area contributed by atoms with Crippen molar-refractivity contribution in [2.24, 2.45) is 7.05 Å². The summed E-state index contributed by atoms with van der Waals surface area (Å²) in [5.74, 6) is 1.76. The highest BCUT2D eigenvalue weighted by Crippen LogP contribution is 2.30. The first-order valence-corrected chi connectivity index (χ1v) is 9.52. The molecule has 0 fully saturated rings. The molecule has 1 N–H and O–H groups in total. The van der Waals surface area contributed by atoms with Gasteiger partial charge in [0, 0.05) is 38.2 Å². The average molecular weight is 403 g/mol. The average Bonchev–Trinajstić information content (AvgIpc) is 3.20. The molecule has 0 aliphatic carbocycles. The first kappa shape index (κ1) is 19.5. The van der Waals surface area contributed by atoms with Gasteiger partial charge in [0.1, 0.15) is 23.3 Å². The molecule has 0 saturated carbocycles. The van der Waals surface area contributed by atoms with E-state index in [1.807, 2.05) is 38.6 Å². The molecule has 0 spiro atoms. The molecule has 0 unspecified atom stereocenters. The lowest BCUT2D eigenvalue weighted by molar-refractivity contribution is 0.625. The minimum Gasteiger partial charge on any atom is -0.353 e. The first-order valence-electron chi connectivity index (χ1n) is 9.52. The van der Waals surface area contributed by atoms with Crippen molar-refractivity contribution in [2.75, 3.05) is 17.3 Å². The smallest absolute Gasteiger partial charge is 0.150 e. The van der Waals surface area contributed by atoms with E-state index in [2.05, 4.69) is 32.2 Å². The minimum atomic E-state index is -0.249. The summed E-state index contributed by atoms with van der Waals surface area (Å²) in [4.78, 5) is 15.2. The molecule has 0 amide bonds. The number of hydrogen-bond acceptors (Lipinski definition) is 6. The topological polar surface area (TPSA) is 71.8 Å². The van der Waals surface area contributed by atoms with Gasteiger partial charge in [-0.2, -0.15) is 5.10 Å². The van der Waals surface area contributed by atoms with Gasteiger partial charge in [-0.25, -0.2) is 14.4 Å². The van der Waals surface area contributed by atoms with Crippen molar-refractivity contribution in [2.45, 2.75) is 13.0 Å². The number of benzene rings is 1. The van der Waals surface area contributed by atoms with Crippen LogP contribution in [0.3, 0.4) is 0 Å². The predicted octanol–water partition coefficient (Wildman–Crippen LogP) is 4.35. The van der Waals surface area contributed by atoms with E-state index in [1.165, 1.54) is 12.1 Å². The summed E-state index contributed by atoms with van der Waals surface area (Å²) < 4.78 is 15.1. The lowest BCUT2D eigenvalue weighted by Crippen LogP contribution is -2.23. The number of rotatable bonds is 6. The van der Waals surface area contributed by atoms with Crippen LogP contribution in [0.2, 0.25) is 0 Å². The quantitative estimate of drug-likeness (QED) is 0.516. The van der Waals surface area contributed by atoms with E-state index in [1.54, 1.807) is 35.4 Å². The third kappa shape index (κ3) is 4.27. The molecule has 4 aromatic rings. The Morgan fingerprint density at radius 1 is 1.03 bits per heavy atom. The van der Waals surface area contributed by atoms with Gasteiger partial charge in [-0.15, -0.1) is 0 Å². The first-order chi connectivity index (χ1) is 14.5. The largest absolute Gasteiger partial charge is 0.353 e. The summed E-state index contributed by atoms with van der Waals surface area (Å²) in [6.07, 6.45) is 8.65. The molecule has 4 rings (SSSR count). The molecule has 3 heterocycles. The Morgan fingerprint density at radius 2 is 1.83 bits per heavy atom. The number of hydrogen-bond donors (Lipinski definition) is 1. The van der Waals surface area contributed by atoms with Crippen LogP contribution in [-0.2, 0) is 7.05 Å². The Morgan fingerprint density at radius 3 is 2.50 bits per heavy atom. The maximum Gasteiger partial charge on any atom is 0.150 e. The van der Waals surface area contributed by atoms with E-state index < -0.39 is 0 Å². The van der Waals surface area contributed by atoms with Crippen LogP contribution in [0.5, 0.6) is 0 Å². The Labute approximate surface area is 174 Å². The summed E-state index contributed by atoms with van der Waals surface area (Å²) in [7, 11) is 3.85. The second-order valence-corrected chi connectivity index (χ2v) is 7.06. The molecule has 0 aliphatic heterocycles. The molecule has 3 aromatic heterocycles. The van der Waals surface area contributed by atoms with Crippen LogP contribution in [0.25, 0.3) is 11.1 Å². The number of pyridine rings is 1. The molecule has 1 atom stereocenters. The van der Waals surface area contributed by atoms with Gasteiger partial charge >= 0.3 is 0 Å². The van der Waals surface area contributed by atoms with Gasteiger partial charge in [-0.3, -0.25) is 9.67 Å². The van der Waals surface area contributed by atoms with Crippen molar-refractivity contribution in [3.63, 3.8) is 0 Å². The van der Waals surface area contributed by atoms with Crippen molar-refractivity contribution in [1.29, 1.82) is 0 Å². The number of nitrogens with zero attached hydrogens (tertiary/aromatic N) is 6. The van der Waals surface area contributed by atoms with Crippen molar-refractivity contribution in [3.05, 3.63) is 78.8 Å². The number of aromatic nitrogens is 5. The summed E-state index contributed by atoms with van der Waals surface area (Å²) in [6, 6.07) is 10.5. The van der Waals surface area contributed by atoms with E-state index in [0.29, 0.717) is 11.6 Å². The van der Waals surface area contributed by atoms with E-state index in [0.717, 1.165) is 22.5 Å². The molecule has 0 saturated heterocycles. The van der Waals surface area contributed by atoms with Crippen LogP contribution in [0.15, 0.2) is 67.4 Å². The van der Waals surface area contributed by atoms with Crippen molar-refractivity contribution >= 4 is 17.5 Å². The Bertz CT molecular complexity index is 1130. The number of nitrogens with one attached hydrogen (secondary N) is 1. The van der Waals surface area contributed by atoms with E-state index >= 15 is 0 Å². The molecule has 1 aromatic carbocycles. The minimum absolute atomic E-state index is 0.00776. The lowest BCUT2D eigenvalue weighted by atomic mass is 10.1. The SMILES string of the molecule is C[C@@H](c1ccc(F)cc1)N(C)c1cc(-c2cnn(C)c2)cc(Nc2cnccn2)n1. The fourth-order valence-electron chi connectivity index (χ4n) is 3.16. The fourth-order valence-corrected chi connectivity index (χ4v) is 3.16. The zero-order chi connectivity index (χ0) is 21.1. The number of aryl methyl sites for hydroxylation is 1. The lowest BCUT2D eigenvalue weighted by Gasteiger charge is -2.27. The van der Waals surface area contributed by atoms with Crippen LogP contribution in [-0.4, -0.2) is 31.8 Å². The second-order valence-electron chi connectivity index (χ2n) is 7.06. The van der Waals surface area contributed by atoms with Crippen molar-refractivity contribution in [3.8, 4) is 11.1 Å². The molecule has 0 bridgehead atoms. The normalized spacial score (nSPS) is 11.9. The zero-order valence-corrected chi connectivity index (χ0v) is 17.0. The highest BCUT2D eigenvalue weighted by atomic mass is 19.1.